The molecule has 4 rings (SSSR count). The molecule has 0 fully saturated rings. The summed E-state index contributed by atoms with van der Waals surface area (Å²) in [5.74, 6) is 0. The van der Waals surface area contributed by atoms with Crippen LogP contribution in [0.3, 0.4) is 0 Å². The summed E-state index contributed by atoms with van der Waals surface area (Å²) in [5.41, 5.74) is 4.69. The van der Waals surface area contributed by atoms with Gasteiger partial charge in [-0.25, -0.2) is 4.79 Å². The number of benzene rings is 2. The van der Waals surface area contributed by atoms with Crippen molar-refractivity contribution >= 4 is 22.3 Å². The van der Waals surface area contributed by atoms with Crippen molar-refractivity contribution in [3.8, 4) is 0 Å². The zero-order chi connectivity index (χ0) is 18.8. The first-order valence-corrected chi connectivity index (χ1v) is 9.86. The molecule has 4 heteroatoms. The maximum atomic E-state index is 12.1. The predicted molar refractivity (Wildman–Crippen MR) is 111 cm³/mol. The molecule has 0 unspecified atom stereocenters. The molecule has 0 spiro atoms. The summed E-state index contributed by atoms with van der Waals surface area (Å²) >= 11 is 1.73. The van der Waals surface area contributed by atoms with E-state index < -0.39 is 0 Å². The van der Waals surface area contributed by atoms with E-state index >= 15 is 0 Å². The van der Waals surface area contributed by atoms with Crippen LogP contribution in [-0.2, 0) is 6.54 Å². The van der Waals surface area contributed by atoms with Gasteiger partial charge in [0.25, 0.3) is 0 Å². The number of hydrogen-bond donors (Lipinski definition) is 1. The predicted octanol–water partition coefficient (Wildman–Crippen LogP) is 5.35. The standard InChI is InChI=1S/C23H21NO2S/c1-15-10-11-19-18(13-21(25)26-23(19)16(15)2)14-24-22(20-9-6-12-27-20)17-7-4-3-5-8-17/h3-13,22,24H,14H2,1-2H3/t22-/m1/s1. The summed E-state index contributed by atoms with van der Waals surface area (Å²) in [6.07, 6.45) is 0. The van der Waals surface area contributed by atoms with Crippen molar-refractivity contribution in [2.24, 2.45) is 0 Å². The van der Waals surface area contributed by atoms with Crippen LogP contribution >= 0.6 is 11.3 Å². The van der Waals surface area contributed by atoms with Crippen LogP contribution in [0.1, 0.15) is 33.2 Å². The van der Waals surface area contributed by atoms with Crippen LogP contribution in [0.15, 0.2) is 75.3 Å². The molecular weight excluding hydrogens is 354 g/mol. The average molecular weight is 375 g/mol. The minimum atomic E-state index is -0.305. The summed E-state index contributed by atoms with van der Waals surface area (Å²) in [6, 6.07) is 20.4. The lowest BCUT2D eigenvalue weighted by Gasteiger charge is -2.19. The second-order valence-corrected chi connectivity index (χ2v) is 7.69. The van der Waals surface area contributed by atoms with Crippen molar-refractivity contribution < 1.29 is 4.42 Å². The first-order valence-electron chi connectivity index (χ1n) is 8.98. The Morgan fingerprint density at radius 2 is 1.85 bits per heavy atom. The molecule has 3 nitrogen and oxygen atoms in total. The molecular formula is C23H21NO2S. The van der Waals surface area contributed by atoms with E-state index in [0.717, 1.165) is 22.1 Å². The van der Waals surface area contributed by atoms with Gasteiger partial charge in [0, 0.05) is 22.9 Å². The number of nitrogens with one attached hydrogen (secondary N) is 1. The lowest BCUT2D eigenvalue weighted by molar-refractivity contribution is 0.551. The topological polar surface area (TPSA) is 42.2 Å². The Bertz CT molecular complexity index is 1110. The van der Waals surface area contributed by atoms with Crippen molar-refractivity contribution in [3.63, 3.8) is 0 Å². The van der Waals surface area contributed by atoms with Crippen LogP contribution in [0.4, 0.5) is 0 Å². The zero-order valence-corrected chi connectivity index (χ0v) is 16.2. The fraction of sp³-hybridized carbons (Fsp3) is 0.174. The van der Waals surface area contributed by atoms with Crippen molar-refractivity contribution in [2.75, 3.05) is 0 Å². The van der Waals surface area contributed by atoms with E-state index in [-0.39, 0.29) is 11.7 Å². The highest BCUT2D eigenvalue weighted by molar-refractivity contribution is 7.10. The molecule has 0 aliphatic carbocycles. The highest BCUT2D eigenvalue weighted by Gasteiger charge is 2.16. The monoisotopic (exact) mass is 375 g/mol. The molecule has 1 N–H and O–H groups in total. The molecule has 0 aliphatic rings. The van der Waals surface area contributed by atoms with Gasteiger partial charge in [-0.1, -0.05) is 48.5 Å². The highest BCUT2D eigenvalue weighted by Crippen LogP contribution is 2.28. The second kappa shape index (κ2) is 7.51. The largest absolute Gasteiger partial charge is 0.422 e. The summed E-state index contributed by atoms with van der Waals surface area (Å²) in [7, 11) is 0. The van der Waals surface area contributed by atoms with Gasteiger partial charge >= 0.3 is 5.63 Å². The van der Waals surface area contributed by atoms with Gasteiger partial charge in [0.05, 0.1) is 6.04 Å². The lowest BCUT2D eigenvalue weighted by Crippen LogP contribution is -2.22. The van der Waals surface area contributed by atoms with Crippen molar-refractivity contribution in [1.29, 1.82) is 0 Å². The molecule has 0 aliphatic heterocycles. The smallest absolute Gasteiger partial charge is 0.336 e. The van der Waals surface area contributed by atoms with E-state index in [9.17, 15) is 4.79 Å². The Balaban J connectivity index is 1.71. The molecule has 1 atom stereocenters. The third-order valence-corrected chi connectivity index (χ3v) is 5.91. The number of fused-ring (bicyclic) bond motifs is 1. The molecule has 2 heterocycles. The van der Waals surface area contributed by atoms with Crippen LogP contribution in [0.2, 0.25) is 0 Å². The third kappa shape index (κ3) is 3.59. The van der Waals surface area contributed by atoms with Gasteiger partial charge in [0.2, 0.25) is 0 Å². The maximum absolute atomic E-state index is 12.1. The Hall–Kier alpha value is -2.69. The van der Waals surface area contributed by atoms with Crippen LogP contribution < -0.4 is 10.9 Å². The maximum Gasteiger partial charge on any atom is 0.336 e. The molecule has 2 aromatic heterocycles. The first kappa shape index (κ1) is 17.7. The number of rotatable bonds is 5. The molecule has 0 amide bonds. The Morgan fingerprint density at radius 3 is 2.59 bits per heavy atom. The van der Waals surface area contributed by atoms with E-state index in [1.807, 2.05) is 26.0 Å². The molecule has 2 aromatic carbocycles. The Kier molecular flexibility index (Phi) is 4.92. The summed E-state index contributed by atoms with van der Waals surface area (Å²) in [5, 5.41) is 6.72. The second-order valence-electron chi connectivity index (χ2n) is 6.71. The van der Waals surface area contributed by atoms with Crippen LogP contribution in [0.25, 0.3) is 11.0 Å². The fourth-order valence-corrected chi connectivity index (χ4v) is 4.19. The summed E-state index contributed by atoms with van der Waals surface area (Å²) < 4.78 is 5.50. The van der Waals surface area contributed by atoms with Gasteiger partial charge < -0.3 is 9.73 Å². The minimum absolute atomic E-state index is 0.0834. The molecule has 0 saturated carbocycles. The van der Waals surface area contributed by atoms with E-state index in [4.69, 9.17) is 4.42 Å². The van der Waals surface area contributed by atoms with E-state index in [1.165, 1.54) is 10.4 Å². The molecule has 4 aromatic rings. The molecule has 0 radical (unpaired) electrons. The first-order chi connectivity index (χ1) is 13.1. The SMILES string of the molecule is Cc1ccc2c(CN[C@H](c3ccccc3)c3cccs3)cc(=O)oc2c1C. The van der Waals surface area contributed by atoms with Gasteiger partial charge in [-0.05, 0) is 47.5 Å². The Morgan fingerprint density at radius 1 is 1.04 bits per heavy atom. The van der Waals surface area contributed by atoms with Gasteiger partial charge in [0.15, 0.2) is 0 Å². The van der Waals surface area contributed by atoms with Gasteiger partial charge in [-0.3, -0.25) is 0 Å². The summed E-state index contributed by atoms with van der Waals surface area (Å²) in [4.78, 5) is 13.4. The molecule has 27 heavy (non-hydrogen) atoms. The highest BCUT2D eigenvalue weighted by atomic mass is 32.1. The molecule has 0 bridgehead atoms. The quantitative estimate of drug-likeness (QED) is 0.478. The summed E-state index contributed by atoms with van der Waals surface area (Å²) in [6.45, 7) is 4.61. The number of thiophene rings is 1. The zero-order valence-electron chi connectivity index (χ0n) is 15.4. The molecule has 0 saturated heterocycles. The van der Waals surface area contributed by atoms with Crippen LogP contribution in [-0.4, -0.2) is 0 Å². The number of hydrogen-bond acceptors (Lipinski definition) is 4. The lowest BCUT2D eigenvalue weighted by atomic mass is 10.0. The minimum Gasteiger partial charge on any atom is -0.422 e. The van der Waals surface area contributed by atoms with Crippen molar-refractivity contribution in [1.82, 2.24) is 5.32 Å². The van der Waals surface area contributed by atoms with Crippen molar-refractivity contribution in [3.05, 3.63) is 104 Å². The Labute approximate surface area is 162 Å². The van der Waals surface area contributed by atoms with Crippen LogP contribution in [0, 0.1) is 13.8 Å². The van der Waals surface area contributed by atoms with E-state index in [1.54, 1.807) is 17.4 Å². The van der Waals surface area contributed by atoms with Crippen molar-refractivity contribution in [2.45, 2.75) is 26.4 Å². The molecule has 136 valence electrons. The normalized spacial score (nSPS) is 12.4. The van der Waals surface area contributed by atoms with Gasteiger partial charge in [0.1, 0.15) is 5.58 Å². The average Bonchev–Trinajstić information content (AvgIpc) is 3.20. The van der Waals surface area contributed by atoms with E-state index in [2.05, 4.69) is 53.2 Å². The van der Waals surface area contributed by atoms with Crippen LogP contribution in [0.5, 0.6) is 0 Å². The van der Waals surface area contributed by atoms with Gasteiger partial charge in [-0.2, -0.15) is 0 Å². The van der Waals surface area contributed by atoms with E-state index in [0.29, 0.717) is 12.1 Å². The third-order valence-electron chi connectivity index (χ3n) is 4.97. The number of aryl methyl sites for hydroxylation is 2. The fourth-order valence-electron chi connectivity index (χ4n) is 3.37. The van der Waals surface area contributed by atoms with Gasteiger partial charge in [-0.15, -0.1) is 11.3 Å².